The molecule has 0 amide bonds. The van der Waals surface area contributed by atoms with E-state index in [0.29, 0.717) is 18.0 Å². The SMILES string of the molecule is Nc1ccc(OCCn2cc(F)ccc2=O)cc1. The fourth-order valence-corrected chi connectivity index (χ4v) is 1.50. The average molecular weight is 248 g/mol. The number of pyridine rings is 1. The summed E-state index contributed by atoms with van der Waals surface area (Å²) in [6, 6.07) is 9.26. The summed E-state index contributed by atoms with van der Waals surface area (Å²) in [5.74, 6) is 0.218. The molecule has 2 N–H and O–H groups in total. The first-order valence-electron chi connectivity index (χ1n) is 5.49. The molecule has 0 unspecified atom stereocenters. The minimum absolute atomic E-state index is 0.252. The van der Waals surface area contributed by atoms with E-state index < -0.39 is 5.82 Å². The standard InChI is InChI=1S/C13H13FN2O2/c14-10-1-6-13(17)16(9-10)7-8-18-12-4-2-11(15)3-5-12/h1-6,9H,7-8,15H2. The first kappa shape index (κ1) is 12.2. The van der Waals surface area contributed by atoms with Gasteiger partial charge in [0.15, 0.2) is 0 Å². The van der Waals surface area contributed by atoms with Gasteiger partial charge in [0.25, 0.3) is 5.56 Å². The molecule has 0 aliphatic heterocycles. The molecule has 0 aliphatic carbocycles. The number of aromatic nitrogens is 1. The second-order valence-electron chi connectivity index (χ2n) is 3.80. The molecule has 1 aromatic carbocycles. The summed E-state index contributed by atoms with van der Waals surface area (Å²) in [6.07, 6.45) is 1.16. The number of hydrogen-bond acceptors (Lipinski definition) is 3. The monoisotopic (exact) mass is 248 g/mol. The van der Waals surface area contributed by atoms with E-state index in [1.54, 1.807) is 24.3 Å². The van der Waals surface area contributed by atoms with Crippen LogP contribution in [0.3, 0.4) is 0 Å². The van der Waals surface area contributed by atoms with Crippen molar-refractivity contribution in [2.75, 3.05) is 12.3 Å². The molecule has 1 aromatic heterocycles. The summed E-state index contributed by atoms with van der Waals surface area (Å²) >= 11 is 0. The highest BCUT2D eigenvalue weighted by Crippen LogP contribution is 2.12. The number of anilines is 1. The largest absolute Gasteiger partial charge is 0.492 e. The van der Waals surface area contributed by atoms with Crippen LogP contribution in [-0.2, 0) is 6.54 Å². The molecule has 2 aromatic rings. The molecule has 0 radical (unpaired) electrons. The lowest BCUT2D eigenvalue weighted by molar-refractivity contribution is 0.295. The topological polar surface area (TPSA) is 57.2 Å². The molecule has 0 saturated carbocycles. The quantitative estimate of drug-likeness (QED) is 0.837. The van der Waals surface area contributed by atoms with Gasteiger partial charge in [0, 0.05) is 18.0 Å². The molecule has 0 fully saturated rings. The normalized spacial score (nSPS) is 10.3. The van der Waals surface area contributed by atoms with Crippen LogP contribution in [0.4, 0.5) is 10.1 Å². The van der Waals surface area contributed by atoms with Gasteiger partial charge in [-0.1, -0.05) is 0 Å². The highest BCUT2D eigenvalue weighted by molar-refractivity contribution is 5.41. The van der Waals surface area contributed by atoms with Crippen molar-refractivity contribution in [3.63, 3.8) is 0 Å². The lowest BCUT2D eigenvalue weighted by Crippen LogP contribution is -2.22. The van der Waals surface area contributed by atoms with Crippen molar-refractivity contribution in [1.29, 1.82) is 0 Å². The van der Waals surface area contributed by atoms with Crippen LogP contribution >= 0.6 is 0 Å². The predicted molar refractivity (Wildman–Crippen MR) is 67.0 cm³/mol. The molecule has 0 aliphatic rings. The van der Waals surface area contributed by atoms with Crippen molar-refractivity contribution < 1.29 is 9.13 Å². The van der Waals surface area contributed by atoms with Crippen molar-refractivity contribution in [2.24, 2.45) is 0 Å². The van der Waals surface area contributed by atoms with Gasteiger partial charge in [-0.25, -0.2) is 4.39 Å². The summed E-state index contributed by atoms with van der Waals surface area (Å²) in [5, 5.41) is 0. The smallest absolute Gasteiger partial charge is 0.250 e. The minimum atomic E-state index is -0.443. The molecule has 4 nitrogen and oxygen atoms in total. The Balaban J connectivity index is 1.94. The Morgan fingerprint density at radius 2 is 1.89 bits per heavy atom. The van der Waals surface area contributed by atoms with E-state index in [0.717, 1.165) is 12.3 Å². The molecule has 0 spiro atoms. The molecule has 5 heteroatoms. The molecular formula is C13H13FN2O2. The third kappa shape index (κ3) is 3.10. The zero-order valence-electron chi connectivity index (χ0n) is 9.67. The van der Waals surface area contributed by atoms with Crippen molar-refractivity contribution in [2.45, 2.75) is 6.54 Å². The van der Waals surface area contributed by atoms with E-state index in [1.165, 1.54) is 10.6 Å². The van der Waals surface area contributed by atoms with E-state index in [-0.39, 0.29) is 12.2 Å². The van der Waals surface area contributed by atoms with Gasteiger partial charge in [-0.15, -0.1) is 0 Å². The van der Waals surface area contributed by atoms with Crippen molar-refractivity contribution in [1.82, 2.24) is 4.57 Å². The first-order chi connectivity index (χ1) is 8.65. The van der Waals surface area contributed by atoms with Gasteiger partial charge < -0.3 is 15.0 Å². The molecule has 0 bridgehead atoms. The maximum absolute atomic E-state index is 12.9. The lowest BCUT2D eigenvalue weighted by Gasteiger charge is -2.08. The molecule has 0 saturated heterocycles. The van der Waals surface area contributed by atoms with Gasteiger partial charge in [0.1, 0.15) is 18.2 Å². The number of nitrogens with zero attached hydrogens (tertiary/aromatic N) is 1. The highest BCUT2D eigenvalue weighted by atomic mass is 19.1. The number of ether oxygens (including phenoxy) is 1. The van der Waals surface area contributed by atoms with E-state index >= 15 is 0 Å². The van der Waals surface area contributed by atoms with E-state index in [1.807, 2.05) is 0 Å². The molecule has 18 heavy (non-hydrogen) atoms. The summed E-state index contributed by atoms with van der Waals surface area (Å²) in [4.78, 5) is 11.4. The minimum Gasteiger partial charge on any atom is -0.492 e. The molecule has 2 rings (SSSR count). The zero-order valence-corrected chi connectivity index (χ0v) is 9.67. The highest BCUT2D eigenvalue weighted by Gasteiger charge is 1.99. The van der Waals surface area contributed by atoms with Crippen LogP contribution in [-0.4, -0.2) is 11.2 Å². The predicted octanol–water partition coefficient (Wildman–Crippen LogP) is 1.65. The van der Waals surface area contributed by atoms with Gasteiger partial charge in [-0.3, -0.25) is 4.79 Å². The fourth-order valence-electron chi connectivity index (χ4n) is 1.50. The van der Waals surface area contributed by atoms with Crippen LogP contribution < -0.4 is 16.0 Å². The van der Waals surface area contributed by atoms with Crippen LogP contribution in [0, 0.1) is 5.82 Å². The van der Waals surface area contributed by atoms with E-state index in [2.05, 4.69) is 0 Å². The maximum Gasteiger partial charge on any atom is 0.250 e. The van der Waals surface area contributed by atoms with Gasteiger partial charge in [0.2, 0.25) is 0 Å². The number of nitrogen functional groups attached to an aromatic ring is 1. The van der Waals surface area contributed by atoms with Crippen molar-refractivity contribution in [3.8, 4) is 5.75 Å². The number of rotatable bonds is 4. The molecule has 94 valence electrons. The van der Waals surface area contributed by atoms with Gasteiger partial charge in [-0.05, 0) is 30.3 Å². The average Bonchev–Trinajstić information content (AvgIpc) is 2.36. The van der Waals surface area contributed by atoms with Crippen LogP contribution in [0.15, 0.2) is 47.4 Å². The summed E-state index contributed by atoms with van der Waals surface area (Å²) in [7, 11) is 0. The second kappa shape index (κ2) is 5.35. The molecule has 0 atom stereocenters. The van der Waals surface area contributed by atoms with Crippen LogP contribution in [0.25, 0.3) is 0 Å². The second-order valence-corrected chi connectivity index (χ2v) is 3.80. The number of halogens is 1. The van der Waals surface area contributed by atoms with Gasteiger partial charge >= 0.3 is 0 Å². The Kier molecular flexibility index (Phi) is 3.62. The Morgan fingerprint density at radius 1 is 1.17 bits per heavy atom. The summed E-state index contributed by atoms with van der Waals surface area (Å²) < 4.78 is 19.6. The van der Waals surface area contributed by atoms with Gasteiger partial charge in [0.05, 0.1) is 6.54 Å². The Bertz CT molecular complexity index is 578. The summed E-state index contributed by atoms with van der Waals surface area (Å²) in [5.41, 5.74) is 5.94. The van der Waals surface area contributed by atoms with E-state index in [4.69, 9.17) is 10.5 Å². The molecule has 1 heterocycles. The number of nitrogens with two attached hydrogens (primary N) is 1. The summed E-state index contributed by atoms with van der Waals surface area (Å²) in [6.45, 7) is 0.578. The third-order valence-electron chi connectivity index (χ3n) is 2.43. The Labute approximate surface area is 103 Å². The zero-order chi connectivity index (χ0) is 13.0. The lowest BCUT2D eigenvalue weighted by atomic mass is 10.3. The Hall–Kier alpha value is -2.30. The number of hydrogen-bond donors (Lipinski definition) is 1. The van der Waals surface area contributed by atoms with Crippen LogP contribution in [0.2, 0.25) is 0 Å². The van der Waals surface area contributed by atoms with E-state index in [9.17, 15) is 9.18 Å². The number of benzene rings is 1. The van der Waals surface area contributed by atoms with Crippen molar-refractivity contribution in [3.05, 3.63) is 58.8 Å². The van der Waals surface area contributed by atoms with Gasteiger partial charge in [-0.2, -0.15) is 0 Å². The molecular weight excluding hydrogens is 235 g/mol. The van der Waals surface area contributed by atoms with Crippen LogP contribution in [0.1, 0.15) is 0 Å². The Morgan fingerprint density at radius 3 is 2.61 bits per heavy atom. The van der Waals surface area contributed by atoms with Crippen molar-refractivity contribution >= 4 is 5.69 Å². The first-order valence-corrected chi connectivity index (χ1v) is 5.49. The van der Waals surface area contributed by atoms with Crippen LogP contribution in [0.5, 0.6) is 5.75 Å². The fraction of sp³-hybridized carbons (Fsp3) is 0.154. The maximum atomic E-state index is 12.9. The third-order valence-corrected chi connectivity index (χ3v) is 2.43.